The molecule has 0 spiro atoms. The fourth-order valence-electron chi connectivity index (χ4n) is 2.24. The highest BCUT2D eigenvalue weighted by atomic mass is 16.2. The summed E-state index contributed by atoms with van der Waals surface area (Å²) in [5.74, 6) is 0.133. The molecular formula is C16H21NO. The van der Waals surface area contributed by atoms with Crippen LogP contribution in [0.4, 0.5) is 0 Å². The number of amides is 1. The molecule has 0 N–H and O–H groups in total. The van der Waals surface area contributed by atoms with Gasteiger partial charge in [-0.2, -0.15) is 0 Å². The molecule has 1 aliphatic carbocycles. The molecule has 96 valence electrons. The van der Waals surface area contributed by atoms with E-state index in [9.17, 15) is 4.79 Å². The first kappa shape index (κ1) is 12.9. The van der Waals surface area contributed by atoms with E-state index in [4.69, 9.17) is 0 Å². The van der Waals surface area contributed by atoms with E-state index in [-0.39, 0.29) is 11.9 Å². The van der Waals surface area contributed by atoms with Gasteiger partial charge in [0.15, 0.2) is 0 Å². The van der Waals surface area contributed by atoms with Crippen molar-refractivity contribution in [2.75, 3.05) is 0 Å². The summed E-state index contributed by atoms with van der Waals surface area (Å²) < 4.78 is 0. The average Bonchev–Trinajstić information content (AvgIpc) is 3.10. The Bertz CT molecular complexity index is 456. The zero-order valence-corrected chi connectivity index (χ0v) is 11.4. The Morgan fingerprint density at radius 3 is 2.67 bits per heavy atom. The van der Waals surface area contributed by atoms with Crippen molar-refractivity contribution < 1.29 is 4.79 Å². The molecule has 1 fully saturated rings. The van der Waals surface area contributed by atoms with E-state index in [1.54, 1.807) is 6.08 Å². The van der Waals surface area contributed by atoms with Crippen LogP contribution in [0.1, 0.15) is 37.8 Å². The number of carbonyl (C=O) groups is 1. The summed E-state index contributed by atoms with van der Waals surface area (Å²) >= 11 is 0. The van der Waals surface area contributed by atoms with Crippen molar-refractivity contribution in [3.63, 3.8) is 0 Å². The molecule has 1 aromatic carbocycles. The lowest BCUT2D eigenvalue weighted by atomic mass is 10.1. The highest BCUT2D eigenvalue weighted by Gasteiger charge is 2.32. The van der Waals surface area contributed by atoms with Gasteiger partial charge in [0, 0.05) is 18.2 Å². The quantitative estimate of drug-likeness (QED) is 0.742. The fourth-order valence-corrected chi connectivity index (χ4v) is 2.24. The van der Waals surface area contributed by atoms with Crippen LogP contribution in [-0.4, -0.2) is 22.9 Å². The number of aryl methyl sites for hydroxylation is 1. The zero-order valence-electron chi connectivity index (χ0n) is 11.4. The first-order valence-corrected chi connectivity index (χ1v) is 6.65. The van der Waals surface area contributed by atoms with Crippen molar-refractivity contribution in [1.29, 1.82) is 0 Å². The first-order chi connectivity index (χ1) is 8.58. The van der Waals surface area contributed by atoms with E-state index < -0.39 is 0 Å². The lowest BCUT2D eigenvalue weighted by Crippen LogP contribution is -2.37. The van der Waals surface area contributed by atoms with Crippen molar-refractivity contribution in [1.82, 2.24) is 4.90 Å². The van der Waals surface area contributed by atoms with Crippen LogP contribution in [0.15, 0.2) is 30.3 Å². The van der Waals surface area contributed by atoms with E-state index >= 15 is 0 Å². The van der Waals surface area contributed by atoms with Crippen LogP contribution in [-0.2, 0) is 4.79 Å². The predicted octanol–water partition coefficient (Wildman–Crippen LogP) is 3.41. The topological polar surface area (TPSA) is 20.3 Å². The van der Waals surface area contributed by atoms with Crippen LogP contribution < -0.4 is 0 Å². The minimum atomic E-state index is 0.133. The Morgan fingerprint density at radius 2 is 2.11 bits per heavy atom. The zero-order chi connectivity index (χ0) is 13.1. The monoisotopic (exact) mass is 243 g/mol. The lowest BCUT2D eigenvalue weighted by molar-refractivity contribution is -0.128. The van der Waals surface area contributed by atoms with Crippen LogP contribution in [0.3, 0.4) is 0 Å². The number of nitrogens with zero attached hydrogens (tertiary/aromatic N) is 1. The Hall–Kier alpha value is -1.57. The highest BCUT2D eigenvalue weighted by molar-refractivity contribution is 5.92. The van der Waals surface area contributed by atoms with Crippen LogP contribution >= 0.6 is 0 Å². The standard InChI is InChI=1S/C16H21NO/c1-12(2)17(15-8-9-15)16(18)10-7-14-6-4-5-13(3)11-14/h4-7,10-12,15H,8-9H2,1-3H3/b10-7+. The van der Waals surface area contributed by atoms with Gasteiger partial charge < -0.3 is 4.90 Å². The largest absolute Gasteiger partial charge is 0.334 e. The van der Waals surface area contributed by atoms with Gasteiger partial charge in [0.1, 0.15) is 0 Å². The molecule has 2 nitrogen and oxygen atoms in total. The summed E-state index contributed by atoms with van der Waals surface area (Å²) in [6.07, 6.45) is 5.92. The molecule has 0 aliphatic heterocycles. The molecule has 0 unspecified atom stereocenters. The van der Waals surface area contributed by atoms with Crippen molar-refractivity contribution in [3.8, 4) is 0 Å². The summed E-state index contributed by atoms with van der Waals surface area (Å²) in [7, 11) is 0. The number of hydrogen-bond donors (Lipinski definition) is 0. The molecule has 0 bridgehead atoms. The fraction of sp³-hybridized carbons (Fsp3) is 0.438. The Labute approximate surface area is 109 Å². The molecule has 0 radical (unpaired) electrons. The van der Waals surface area contributed by atoms with Crippen LogP contribution in [0.2, 0.25) is 0 Å². The second-order valence-corrected chi connectivity index (χ2v) is 5.32. The van der Waals surface area contributed by atoms with Crippen LogP contribution in [0, 0.1) is 6.92 Å². The van der Waals surface area contributed by atoms with Gasteiger partial charge in [0.05, 0.1) is 0 Å². The van der Waals surface area contributed by atoms with Gasteiger partial charge in [-0.05, 0) is 45.3 Å². The molecule has 2 rings (SSSR count). The second kappa shape index (κ2) is 5.38. The maximum Gasteiger partial charge on any atom is 0.247 e. The molecule has 1 amide bonds. The second-order valence-electron chi connectivity index (χ2n) is 5.32. The van der Waals surface area contributed by atoms with Gasteiger partial charge in [-0.15, -0.1) is 0 Å². The maximum absolute atomic E-state index is 12.2. The maximum atomic E-state index is 12.2. The SMILES string of the molecule is Cc1cccc(/C=C/C(=O)N(C(C)C)C2CC2)c1. The number of rotatable bonds is 4. The van der Waals surface area contributed by atoms with E-state index in [2.05, 4.69) is 32.9 Å². The van der Waals surface area contributed by atoms with Gasteiger partial charge >= 0.3 is 0 Å². The summed E-state index contributed by atoms with van der Waals surface area (Å²) in [6.45, 7) is 6.22. The van der Waals surface area contributed by atoms with Crippen molar-refractivity contribution in [2.45, 2.75) is 45.7 Å². The van der Waals surface area contributed by atoms with Crippen molar-refractivity contribution >= 4 is 12.0 Å². The Balaban J connectivity index is 2.05. The first-order valence-electron chi connectivity index (χ1n) is 6.65. The third-order valence-electron chi connectivity index (χ3n) is 3.21. The molecule has 0 heterocycles. The van der Waals surface area contributed by atoms with Gasteiger partial charge in [-0.1, -0.05) is 29.8 Å². The summed E-state index contributed by atoms with van der Waals surface area (Å²) in [4.78, 5) is 14.2. The normalized spacial score (nSPS) is 15.3. The van der Waals surface area contributed by atoms with Gasteiger partial charge in [0.2, 0.25) is 5.91 Å². The molecule has 1 aliphatic rings. The Kier molecular flexibility index (Phi) is 3.85. The van der Waals surface area contributed by atoms with E-state index in [0.29, 0.717) is 6.04 Å². The Morgan fingerprint density at radius 1 is 1.39 bits per heavy atom. The van der Waals surface area contributed by atoms with E-state index in [0.717, 1.165) is 18.4 Å². The van der Waals surface area contributed by atoms with Crippen LogP contribution in [0.5, 0.6) is 0 Å². The lowest BCUT2D eigenvalue weighted by Gasteiger charge is -2.25. The molecule has 2 heteroatoms. The smallest absolute Gasteiger partial charge is 0.247 e. The van der Waals surface area contributed by atoms with E-state index in [1.807, 2.05) is 23.1 Å². The number of benzene rings is 1. The minimum Gasteiger partial charge on any atom is -0.334 e. The molecule has 18 heavy (non-hydrogen) atoms. The third-order valence-corrected chi connectivity index (χ3v) is 3.21. The molecule has 1 aromatic rings. The highest BCUT2D eigenvalue weighted by Crippen LogP contribution is 2.28. The third kappa shape index (κ3) is 3.22. The summed E-state index contributed by atoms with van der Waals surface area (Å²) in [5, 5.41) is 0. The molecule has 0 atom stereocenters. The average molecular weight is 243 g/mol. The number of carbonyl (C=O) groups excluding carboxylic acids is 1. The summed E-state index contributed by atoms with van der Waals surface area (Å²) in [6, 6.07) is 8.94. The van der Waals surface area contributed by atoms with Crippen LogP contribution in [0.25, 0.3) is 6.08 Å². The van der Waals surface area contributed by atoms with Gasteiger partial charge in [-0.25, -0.2) is 0 Å². The molecule has 0 saturated heterocycles. The predicted molar refractivity (Wildman–Crippen MR) is 75.2 cm³/mol. The number of hydrogen-bond acceptors (Lipinski definition) is 1. The van der Waals surface area contributed by atoms with Gasteiger partial charge in [0.25, 0.3) is 0 Å². The molecule has 1 saturated carbocycles. The summed E-state index contributed by atoms with van der Waals surface area (Å²) in [5.41, 5.74) is 2.30. The molecule has 0 aromatic heterocycles. The van der Waals surface area contributed by atoms with Gasteiger partial charge in [-0.3, -0.25) is 4.79 Å². The van der Waals surface area contributed by atoms with E-state index in [1.165, 1.54) is 5.56 Å². The van der Waals surface area contributed by atoms with Crippen molar-refractivity contribution in [3.05, 3.63) is 41.5 Å². The minimum absolute atomic E-state index is 0.133. The van der Waals surface area contributed by atoms with Crippen molar-refractivity contribution in [2.24, 2.45) is 0 Å². The molecular weight excluding hydrogens is 222 g/mol.